The Kier molecular flexibility index (Phi) is 2.36. The Morgan fingerprint density at radius 3 is 2.55 bits per heavy atom. The molecule has 1 nitrogen and oxygen atoms in total. The van der Waals surface area contributed by atoms with Crippen LogP contribution in [0.1, 0.15) is 19.5 Å². The van der Waals surface area contributed by atoms with Gasteiger partial charge in [-0.3, -0.25) is 4.98 Å². The van der Waals surface area contributed by atoms with Crippen molar-refractivity contribution in [2.24, 2.45) is 0 Å². The molecule has 0 aliphatic rings. The normalized spacial score (nSPS) is 12.6. The minimum Gasteiger partial charge on any atom is -0.257 e. The van der Waals surface area contributed by atoms with E-state index in [1.54, 1.807) is 19.2 Å². The maximum absolute atomic E-state index is 12.6. The minimum atomic E-state index is -0.177. The van der Waals surface area contributed by atoms with Crippen molar-refractivity contribution in [1.29, 1.82) is 0 Å². The van der Waals surface area contributed by atoms with Crippen molar-refractivity contribution in [3.05, 3.63) is 35.9 Å². The molecule has 0 aliphatic heterocycles. The highest BCUT2D eigenvalue weighted by atomic mass is 19.1. The maximum atomic E-state index is 12.6. The molecule has 2 heteroatoms. The Bertz CT molecular complexity index is 260. The summed E-state index contributed by atoms with van der Waals surface area (Å²) in [4.78, 5) is 4.00. The summed E-state index contributed by atoms with van der Waals surface area (Å²) in [5.41, 5.74) is 1.30. The van der Waals surface area contributed by atoms with Gasteiger partial charge in [-0.05, 0) is 26.0 Å². The van der Waals surface area contributed by atoms with E-state index < -0.39 is 0 Å². The van der Waals surface area contributed by atoms with Crippen molar-refractivity contribution >= 4 is 5.57 Å². The summed E-state index contributed by atoms with van der Waals surface area (Å²) in [5, 5.41) is 0. The SMILES string of the molecule is C/C(F)=C(\C)c1ccccn1. The molecule has 0 N–H and O–H groups in total. The van der Waals surface area contributed by atoms with Crippen LogP contribution in [0.3, 0.4) is 0 Å². The van der Waals surface area contributed by atoms with E-state index in [1.165, 1.54) is 6.92 Å². The Balaban J connectivity index is 3.04. The lowest BCUT2D eigenvalue weighted by atomic mass is 10.2. The molecule has 0 saturated heterocycles. The molecule has 1 aromatic rings. The molecule has 0 spiro atoms. The van der Waals surface area contributed by atoms with Gasteiger partial charge < -0.3 is 0 Å². The van der Waals surface area contributed by atoms with E-state index in [2.05, 4.69) is 4.98 Å². The van der Waals surface area contributed by atoms with E-state index in [1.807, 2.05) is 12.1 Å². The van der Waals surface area contributed by atoms with E-state index in [0.717, 1.165) is 0 Å². The highest BCUT2D eigenvalue weighted by Crippen LogP contribution is 2.15. The summed E-state index contributed by atoms with van der Waals surface area (Å²) in [7, 11) is 0. The van der Waals surface area contributed by atoms with Crippen molar-refractivity contribution in [3.8, 4) is 0 Å². The molecule has 1 aromatic heterocycles. The first kappa shape index (κ1) is 7.92. The first-order chi connectivity index (χ1) is 5.22. The first-order valence-corrected chi connectivity index (χ1v) is 3.46. The average Bonchev–Trinajstić information content (AvgIpc) is 2.05. The number of hydrogen-bond acceptors (Lipinski definition) is 1. The molecule has 0 saturated carbocycles. The minimum absolute atomic E-state index is 0.177. The quantitative estimate of drug-likeness (QED) is 0.601. The van der Waals surface area contributed by atoms with Gasteiger partial charge in [-0.15, -0.1) is 0 Å². The number of hydrogen-bond donors (Lipinski definition) is 0. The summed E-state index contributed by atoms with van der Waals surface area (Å²) >= 11 is 0. The van der Waals surface area contributed by atoms with E-state index in [4.69, 9.17) is 0 Å². The van der Waals surface area contributed by atoms with Gasteiger partial charge in [0.1, 0.15) is 5.83 Å². The molecular formula is C9H10FN. The monoisotopic (exact) mass is 151 g/mol. The lowest BCUT2D eigenvalue weighted by molar-refractivity contribution is 0.642. The Morgan fingerprint density at radius 1 is 1.36 bits per heavy atom. The first-order valence-electron chi connectivity index (χ1n) is 3.46. The second kappa shape index (κ2) is 3.28. The number of nitrogens with zero attached hydrogens (tertiary/aromatic N) is 1. The summed E-state index contributed by atoms with van der Waals surface area (Å²) in [6.45, 7) is 3.15. The van der Waals surface area contributed by atoms with Gasteiger partial charge in [0.05, 0.1) is 5.69 Å². The van der Waals surface area contributed by atoms with Crippen LogP contribution in [0.2, 0.25) is 0 Å². The lowest BCUT2D eigenvalue weighted by Gasteiger charge is -1.98. The van der Waals surface area contributed by atoms with Gasteiger partial charge in [0, 0.05) is 11.8 Å². The van der Waals surface area contributed by atoms with Gasteiger partial charge in [0.15, 0.2) is 0 Å². The summed E-state index contributed by atoms with van der Waals surface area (Å²) in [6.07, 6.45) is 1.65. The zero-order valence-electron chi connectivity index (χ0n) is 6.63. The molecule has 1 rings (SSSR count). The summed E-state index contributed by atoms with van der Waals surface area (Å²) < 4.78 is 12.6. The number of allylic oxidation sites excluding steroid dienone is 2. The summed E-state index contributed by atoms with van der Waals surface area (Å²) in [5.74, 6) is -0.177. The lowest BCUT2D eigenvalue weighted by Crippen LogP contribution is -1.84. The topological polar surface area (TPSA) is 12.9 Å². The third-order valence-electron chi connectivity index (χ3n) is 1.57. The zero-order chi connectivity index (χ0) is 8.27. The number of halogens is 1. The second-order valence-electron chi connectivity index (χ2n) is 2.37. The fraction of sp³-hybridized carbons (Fsp3) is 0.222. The predicted molar refractivity (Wildman–Crippen MR) is 43.6 cm³/mol. The third-order valence-corrected chi connectivity index (χ3v) is 1.57. The van der Waals surface area contributed by atoms with Gasteiger partial charge in [-0.2, -0.15) is 0 Å². The molecular weight excluding hydrogens is 141 g/mol. The molecule has 0 aliphatic carbocycles. The van der Waals surface area contributed by atoms with E-state index >= 15 is 0 Å². The highest BCUT2D eigenvalue weighted by molar-refractivity contribution is 5.61. The van der Waals surface area contributed by atoms with Crippen LogP contribution in [-0.2, 0) is 0 Å². The van der Waals surface area contributed by atoms with Crippen LogP contribution in [0, 0.1) is 0 Å². The van der Waals surface area contributed by atoms with Crippen LogP contribution >= 0.6 is 0 Å². The van der Waals surface area contributed by atoms with E-state index in [-0.39, 0.29) is 5.83 Å². The van der Waals surface area contributed by atoms with Crippen LogP contribution < -0.4 is 0 Å². The highest BCUT2D eigenvalue weighted by Gasteiger charge is 1.98. The average molecular weight is 151 g/mol. The van der Waals surface area contributed by atoms with Crippen LogP contribution in [0.15, 0.2) is 30.2 Å². The molecule has 0 amide bonds. The van der Waals surface area contributed by atoms with Crippen molar-refractivity contribution < 1.29 is 4.39 Å². The molecule has 0 fully saturated rings. The van der Waals surface area contributed by atoms with Crippen molar-refractivity contribution in [2.75, 3.05) is 0 Å². The zero-order valence-corrected chi connectivity index (χ0v) is 6.63. The number of rotatable bonds is 1. The van der Waals surface area contributed by atoms with Crippen molar-refractivity contribution in [3.63, 3.8) is 0 Å². The van der Waals surface area contributed by atoms with Gasteiger partial charge in [-0.1, -0.05) is 6.07 Å². The Labute approximate surface area is 65.6 Å². The standard InChI is InChI=1S/C9H10FN/c1-7(8(2)10)9-5-3-4-6-11-9/h3-6H,1-2H3/b8-7-. The summed E-state index contributed by atoms with van der Waals surface area (Å²) in [6, 6.07) is 5.44. The molecule has 0 bridgehead atoms. The molecule has 0 atom stereocenters. The molecule has 1 heterocycles. The molecule has 0 unspecified atom stereocenters. The maximum Gasteiger partial charge on any atom is 0.102 e. The Morgan fingerprint density at radius 2 is 2.09 bits per heavy atom. The molecule has 11 heavy (non-hydrogen) atoms. The van der Waals surface area contributed by atoms with Gasteiger partial charge in [0.25, 0.3) is 0 Å². The third kappa shape index (κ3) is 1.87. The van der Waals surface area contributed by atoms with Crippen molar-refractivity contribution in [1.82, 2.24) is 4.98 Å². The number of aromatic nitrogens is 1. The second-order valence-corrected chi connectivity index (χ2v) is 2.37. The molecule has 0 aromatic carbocycles. The number of pyridine rings is 1. The van der Waals surface area contributed by atoms with Crippen molar-refractivity contribution in [2.45, 2.75) is 13.8 Å². The van der Waals surface area contributed by atoms with E-state index in [9.17, 15) is 4.39 Å². The molecule has 0 radical (unpaired) electrons. The molecule has 58 valence electrons. The fourth-order valence-electron chi connectivity index (χ4n) is 0.761. The van der Waals surface area contributed by atoms with Crippen LogP contribution in [0.5, 0.6) is 0 Å². The Hall–Kier alpha value is -1.18. The fourth-order valence-corrected chi connectivity index (χ4v) is 0.761. The van der Waals surface area contributed by atoms with Crippen LogP contribution in [0.4, 0.5) is 4.39 Å². The van der Waals surface area contributed by atoms with Gasteiger partial charge >= 0.3 is 0 Å². The largest absolute Gasteiger partial charge is 0.257 e. The van der Waals surface area contributed by atoms with Crippen LogP contribution in [0.25, 0.3) is 5.57 Å². The smallest absolute Gasteiger partial charge is 0.102 e. The van der Waals surface area contributed by atoms with Gasteiger partial charge in [-0.25, -0.2) is 4.39 Å². The van der Waals surface area contributed by atoms with Gasteiger partial charge in [0.2, 0.25) is 0 Å². The van der Waals surface area contributed by atoms with E-state index in [0.29, 0.717) is 11.3 Å². The predicted octanol–water partition coefficient (Wildman–Crippen LogP) is 2.80. The van der Waals surface area contributed by atoms with Crippen LogP contribution in [-0.4, -0.2) is 4.98 Å².